The first-order valence-corrected chi connectivity index (χ1v) is 10.1. The second-order valence-electron chi connectivity index (χ2n) is 7.48. The lowest BCUT2D eigenvalue weighted by atomic mass is 10.0. The molecule has 0 spiro atoms. The zero-order chi connectivity index (χ0) is 19.8. The van der Waals surface area contributed by atoms with Crippen LogP contribution in [0, 0.1) is 6.92 Å². The number of aryl methyl sites for hydroxylation is 1. The summed E-state index contributed by atoms with van der Waals surface area (Å²) in [6.07, 6.45) is 0.359. The number of hydrogen-bond acceptors (Lipinski definition) is 4. The van der Waals surface area contributed by atoms with Crippen LogP contribution in [0.1, 0.15) is 23.6 Å². The zero-order valence-corrected chi connectivity index (χ0v) is 16.9. The normalized spacial score (nSPS) is 16.5. The molecule has 0 saturated carbocycles. The summed E-state index contributed by atoms with van der Waals surface area (Å²) in [7, 11) is 2.16. The van der Waals surface area contributed by atoms with E-state index in [2.05, 4.69) is 53.4 Å². The van der Waals surface area contributed by atoms with Crippen LogP contribution in [0.3, 0.4) is 0 Å². The Hall–Kier alpha value is -2.37. The molecule has 1 unspecified atom stereocenters. The lowest BCUT2D eigenvalue weighted by Gasteiger charge is -2.38. The van der Waals surface area contributed by atoms with Gasteiger partial charge in [-0.2, -0.15) is 0 Å². The number of ether oxygens (including phenoxy) is 1. The maximum absolute atomic E-state index is 12.3. The van der Waals surface area contributed by atoms with Crippen LogP contribution < -0.4 is 10.1 Å². The van der Waals surface area contributed by atoms with Crippen molar-refractivity contribution in [2.75, 3.05) is 46.4 Å². The molecule has 2 aromatic carbocycles. The monoisotopic (exact) mass is 381 g/mol. The van der Waals surface area contributed by atoms with Gasteiger partial charge in [0.25, 0.3) is 0 Å². The van der Waals surface area contributed by atoms with Crippen molar-refractivity contribution >= 4 is 5.91 Å². The summed E-state index contributed by atoms with van der Waals surface area (Å²) < 4.78 is 5.63. The Morgan fingerprint density at radius 2 is 1.71 bits per heavy atom. The molecule has 0 radical (unpaired) electrons. The van der Waals surface area contributed by atoms with Gasteiger partial charge in [0.1, 0.15) is 5.75 Å². The van der Waals surface area contributed by atoms with Gasteiger partial charge < -0.3 is 15.0 Å². The Kier molecular flexibility index (Phi) is 7.46. The highest BCUT2D eigenvalue weighted by molar-refractivity contribution is 5.76. The third-order valence-electron chi connectivity index (χ3n) is 5.27. The number of carbonyl (C=O) groups excluding carboxylic acids is 1. The van der Waals surface area contributed by atoms with Gasteiger partial charge in [-0.25, -0.2) is 0 Å². The fraction of sp³-hybridized carbons (Fsp3) is 0.435. The van der Waals surface area contributed by atoms with E-state index in [0.29, 0.717) is 19.6 Å². The van der Waals surface area contributed by atoms with Crippen LogP contribution in [0.2, 0.25) is 0 Å². The van der Waals surface area contributed by atoms with Crippen molar-refractivity contribution < 1.29 is 9.53 Å². The minimum Gasteiger partial charge on any atom is -0.493 e. The van der Waals surface area contributed by atoms with Crippen LogP contribution in [0.15, 0.2) is 54.6 Å². The molecule has 0 aliphatic carbocycles. The first-order chi connectivity index (χ1) is 13.6. The van der Waals surface area contributed by atoms with Crippen molar-refractivity contribution in [2.45, 2.75) is 19.4 Å². The van der Waals surface area contributed by atoms with Crippen molar-refractivity contribution in [3.05, 3.63) is 65.7 Å². The van der Waals surface area contributed by atoms with Gasteiger partial charge >= 0.3 is 0 Å². The Labute approximate surface area is 168 Å². The molecule has 5 heteroatoms. The molecule has 28 heavy (non-hydrogen) atoms. The molecular weight excluding hydrogens is 350 g/mol. The molecular formula is C23H31N3O2. The molecule has 1 atom stereocenters. The van der Waals surface area contributed by atoms with Crippen molar-refractivity contribution in [1.82, 2.24) is 15.1 Å². The molecule has 1 fully saturated rings. The SMILES string of the molecule is Cc1ccc(C(CNC(=O)CCOc2ccccc2)N2CCN(C)CC2)cc1. The van der Waals surface area contributed by atoms with Crippen molar-refractivity contribution in [3.63, 3.8) is 0 Å². The van der Waals surface area contributed by atoms with Crippen LogP contribution in [0.5, 0.6) is 5.75 Å². The van der Waals surface area contributed by atoms with Gasteiger partial charge in [0, 0.05) is 32.7 Å². The average molecular weight is 382 g/mol. The van der Waals surface area contributed by atoms with Crippen LogP contribution in [-0.2, 0) is 4.79 Å². The number of nitrogens with one attached hydrogen (secondary N) is 1. The van der Waals surface area contributed by atoms with Gasteiger partial charge in [-0.1, -0.05) is 48.0 Å². The topological polar surface area (TPSA) is 44.8 Å². The highest BCUT2D eigenvalue weighted by Gasteiger charge is 2.24. The molecule has 1 amide bonds. The summed E-state index contributed by atoms with van der Waals surface area (Å²) in [5.41, 5.74) is 2.51. The first kappa shape index (κ1) is 20.4. The van der Waals surface area contributed by atoms with E-state index < -0.39 is 0 Å². The van der Waals surface area contributed by atoms with Crippen LogP contribution in [0.25, 0.3) is 0 Å². The minimum absolute atomic E-state index is 0.0298. The number of benzene rings is 2. The third-order valence-corrected chi connectivity index (χ3v) is 5.27. The third kappa shape index (κ3) is 6.08. The predicted molar refractivity (Wildman–Crippen MR) is 113 cm³/mol. The standard InChI is InChI=1S/C23H31N3O2/c1-19-8-10-20(11-9-19)22(26-15-13-25(2)14-16-26)18-24-23(27)12-17-28-21-6-4-3-5-7-21/h3-11,22H,12-18H2,1-2H3,(H,24,27). The van der Waals surface area contributed by atoms with Crippen LogP contribution in [-0.4, -0.2) is 62.1 Å². The second kappa shape index (κ2) is 10.2. The molecule has 0 bridgehead atoms. The van der Waals surface area contributed by atoms with Crippen LogP contribution in [0.4, 0.5) is 0 Å². The lowest BCUT2D eigenvalue weighted by Crippen LogP contribution is -2.48. The predicted octanol–water partition coefficient (Wildman–Crippen LogP) is 2.87. The van der Waals surface area contributed by atoms with Gasteiger partial charge in [-0.15, -0.1) is 0 Å². The first-order valence-electron chi connectivity index (χ1n) is 10.1. The Bertz CT molecular complexity index is 725. The van der Waals surface area contributed by atoms with E-state index >= 15 is 0 Å². The maximum atomic E-state index is 12.3. The number of likely N-dealkylation sites (N-methyl/N-ethyl adjacent to an activating group) is 1. The van der Waals surface area contributed by atoms with Crippen molar-refractivity contribution in [3.8, 4) is 5.75 Å². The number of rotatable bonds is 8. The summed E-state index contributed by atoms with van der Waals surface area (Å²) >= 11 is 0. The van der Waals surface area contributed by atoms with E-state index in [4.69, 9.17) is 4.74 Å². The van der Waals surface area contributed by atoms with Crippen molar-refractivity contribution in [2.24, 2.45) is 0 Å². The summed E-state index contributed by atoms with van der Waals surface area (Å²) in [5, 5.41) is 3.12. The van der Waals surface area contributed by atoms with E-state index in [0.717, 1.165) is 31.9 Å². The highest BCUT2D eigenvalue weighted by atomic mass is 16.5. The Morgan fingerprint density at radius 3 is 2.39 bits per heavy atom. The lowest BCUT2D eigenvalue weighted by molar-refractivity contribution is -0.121. The number of carbonyl (C=O) groups is 1. The molecule has 3 rings (SSSR count). The van der Waals surface area contributed by atoms with Gasteiger partial charge in [-0.3, -0.25) is 9.69 Å². The summed E-state index contributed by atoms with van der Waals surface area (Å²) in [5.74, 6) is 0.826. The molecule has 5 nitrogen and oxygen atoms in total. The molecule has 1 saturated heterocycles. The number of piperazine rings is 1. The molecule has 1 heterocycles. The molecule has 150 valence electrons. The minimum atomic E-state index is 0.0298. The maximum Gasteiger partial charge on any atom is 0.223 e. The quantitative estimate of drug-likeness (QED) is 0.764. The molecule has 1 aliphatic rings. The number of nitrogens with zero attached hydrogens (tertiary/aromatic N) is 2. The smallest absolute Gasteiger partial charge is 0.223 e. The van der Waals surface area contributed by atoms with E-state index in [-0.39, 0.29) is 11.9 Å². The summed E-state index contributed by atoms with van der Waals surface area (Å²) in [4.78, 5) is 17.2. The van der Waals surface area contributed by atoms with Gasteiger partial charge in [0.2, 0.25) is 5.91 Å². The van der Waals surface area contributed by atoms with E-state index in [1.807, 2.05) is 30.3 Å². The Morgan fingerprint density at radius 1 is 1.04 bits per heavy atom. The number of para-hydroxylation sites is 1. The van der Waals surface area contributed by atoms with Gasteiger partial charge in [-0.05, 0) is 31.7 Å². The summed E-state index contributed by atoms with van der Waals surface area (Å²) in [6, 6.07) is 18.5. The molecule has 1 aliphatic heterocycles. The second-order valence-corrected chi connectivity index (χ2v) is 7.48. The van der Waals surface area contributed by atoms with Gasteiger partial charge in [0.05, 0.1) is 19.1 Å². The van der Waals surface area contributed by atoms with E-state index in [9.17, 15) is 4.79 Å². The van der Waals surface area contributed by atoms with Crippen LogP contribution >= 0.6 is 0 Å². The van der Waals surface area contributed by atoms with Crippen molar-refractivity contribution in [1.29, 1.82) is 0 Å². The number of hydrogen-bond donors (Lipinski definition) is 1. The fourth-order valence-corrected chi connectivity index (χ4v) is 3.46. The molecule has 0 aromatic heterocycles. The fourth-order valence-electron chi connectivity index (χ4n) is 3.46. The zero-order valence-electron chi connectivity index (χ0n) is 16.9. The number of amides is 1. The highest BCUT2D eigenvalue weighted by Crippen LogP contribution is 2.22. The Balaban J connectivity index is 1.53. The van der Waals surface area contributed by atoms with E-state index in [1.165, 1.54) is 11.1 Å². The average Bonchev–Trinajstić information content (AvgIpc) is 2.71. The molecule has 2 aromatic rings. The summed E-state index contributed by atoms with van der Waals surface area (Å²) in [6.45, 7) is 7.26. The largest absolute Gasteiger partial charge is 0.493 e. The van der Waals surface area contributed by atoms with Gasteiger partial charge in [0.15, 0.2) is 0 Å². The van der Waals surface area contributed by atoms with E-state index in [1.54, 1.807) is 0 Å². The molecule has 1 N–H and O–H groups in total.